The summed E-state index contributed by atoms with van der Waals surface area (Å²) in [5.41, 5.74) is 4.49. The second kappa shape index (κ2) is 9.10. The number of benzene rings is 2. The number of thiophene rings is 1. The lowest BCUT2D eigenvalue weighted by Gasteiger charge is -2.21. The van der Waals surface area contributed by atoms with Crippen molar-refractivity contribution in [2.75, 3.05) is 10.6 Å². The zero-order chi connectivity index (χ0) is 21.8. The largest absolute Gasteiger partial charge is 0.343 e. The van der Waals surface area contributed by atoms with E-state index in [-0.39, 0.29) is 11.9 Å². The van der Waals surface area contributed by atoms with E-state index < -0.39 is 0 Å². The van der Waals surface area contributed by atoms with Crippen molar-refractivity contribution in [1.29, 1.82) is 0 Å². The summed E-state index contributed by atoms with van der Waals surface area (Å²) in [4.78, 5) is 23.1. The number of carbonyl (C=O) groups excluding carboxylic acids is 1. The van der Waals surface area contributed by atoms with Gasteiger partial charge in [0.1, 0.15) is 5.00 Å². The minimum Gasteiger partial charge on any atom is -0.343 e. The molecule has 2 heterocycles. The fourth-order valence-corrected chi connectivity index (χ4v) is 4.46. The topological polar surface area (TPSA) is 66.9 Å². The normalized spacial score (nSPS) is 11.7. The Bertz CT molecular complexity index is 1170. The Kier molecular flexibility index (Phi) is 6.09. The molecule has 156 valence electrons. The van der Waals surface area contributed by atoms with Gasteiger partial charge < -0.3 is 10.6 Å². The van der Waals surface area contributed by atoms with Crippen LogP contribution in [0.2, 0.25) is 0 Å². The zero-order valence-corrected chi connectivity index (χ0v) is 18.5. The lowest BCUT2D eigenvalue weighted by atomic mass is 10.00. The fourth-order valence-electron chi connectivity index (χ4n) is 3.52. The first-order valence-corrected chi connectivity index (χ1v) is 10.9. The van der Waals surface area contributed by atoms with Crippen LogP contribution >= 0.6 is 11.3 Å². The molecule has 2 N–H and O–H groups in total. The van der Waals surface area contributed by atoms with Crippen molar-refractivity contribution in [3.05, 3.63) is 106 Å². The quantitative estimate of drug-likeness (QED) is 0.400. The van der Waals surface area contributed by atoms with Crippen molar-refractivity contribution in [2.45, 2.75) is 26.8 Å². The molecule has 0 unspecified atom stereocenters. The van der Waals surface area contributed by atoms with Gasteiger partial charge in [-0.3, -0.25) is 4.79 Å². The summed E-state index contributed by atoms with van der Waals surface area (Å²) in [6.45, 7) is 5.96. The number of anilines is 2. The van der Waals surface area contributed by atoms with Crippen LogP contribution in [0.5, 0.6) is 0 Å². The molecule has 2 aromatic heterocycles. The van der Waals surface area contributed by atoms with Gasteiger partial charge in [0.25, 0.3) is 5.91 Å². The minimum absolute atomic E-state index is 0.127. The predicted octanol–water partition coefficient (Wildman–Crippen LogP) is 5.92. The number of nitrogens with zero attached hydrogens (tertiary/aromatic N) is 2. The first-order chi connectivity index (χ1) is 15.0. The molecule has 4 aromatic rings. The van der Waals surface area contributed by atoms with E-state index >= 15 is 0 Å². The first-order valence-electron chi connectivity index (χ1n) is 10.1. The van der Waals surface area contributed by atoms with E-state index in [0.29, 0.717) is 11.5 Å². The monoisotopic (exact) mass is 428 g/mol. The van der Waals surface area contributed by atoms with Gasteiger partial charge in [0.05, 0.1) is 6.04 Å². The van der Waals surface area contributed by atoms with Gasteiger partial charge in [-0.25, -0.2) is 9.97 Å². The summed E-state index contributed by atoms with van der Waals surface area (Å²) in [6.07, 6.45) is 0. The van der Waals surface area contributed by atoms with Crippen molar-refractivity contribution in [1.82, 2.24) is 9.97 Å². The maximum Gasteiger partial charge on any atom is 0.256 e. The third kappa shape index (κ3) is 4.98. The fraction of sp³-hybridized carbons (Fsp3) is 0.160. The molecule has 4 rings (SSSR count). The molecule has 0 aliphatic carbocycles. The summed E-state index contributed by atoms with van der Waals surface area (Å²) >= 11 is 1.56. The molecule has 0 saturated heterocycles. The highest BCUT2D eigenvalue weighted by Crippen LogP contribution is 2.37. The van der Waals surface area contributed by atoms with Gasteiger partial charge in [-0.15, -0.1) is 11.3 Å². The lowest BCUT2D eigenvalue weighted by Crippen LogP contribution is -2.18. The molecule has 1 amide bonds. The van der Waals surface area contributed by atoms with Crippen molar-refractivity contribution >= 4 is 28.2 Å². The maximum absolute atomic E-state index is 12.8. The molecule has 0 radical (unpaired) electrons. The molecule has 6 heteroatoms. The second-order valence-electron chi connectivity index (χ2n) is 7.42. The van der Waals surface area contributed by atoms with E-state index in [4.69, 9.17) is 0 Å². The molecule has 0 bridgehead atoms. The summed E-state index contributed by atoms with van der Waals surface area (Å²) < 4.78 is 0. The third-order valence-electron chi connectivity index (χ3n) is 4.85. The van der Waals surface area contributed by atoms with Crippen LogP contribution in [0.15, 0.2) is 72.8 Å². The number of carbonyl (C=O) groups is 1. The molecule has 0 fully saturated rings. The van der Waals surface area contributed by atoms with E-state index in [9.17, 15) is 4.79 Å². The molecule has 0 aliphatic rings. The number of hydrogen-bond donors (Lipinski definition) is 2. The zero-order valence-electron chi connectivity index (χ0n) is 17.7. The van der Waals surface area contributed by atoms with Gasteiger partial charge >= 0.3 is 0 Å². The molecule has 0 saturated carbocycles. The van der Waals surface area contributed by atoms with E-state index in [0.717, 1.165) is 32.4 Å². The smallest absolute Gasteiger partial charge is 0.256 e. The molecule has 5 nitrogen and oxygen atoms in total. The molecular formula is C25H24N4OS. The molecule has 0 aliphatic heterocycles. The van der Waals surface area contributed by atoms with Gasteiger partial charge in [0.2, 0.25) is 5.95 Å². The van der Waals surface area contributed by atoms with E-state index in [1.54, 1.807) is 11.3 Å². The number of nitrogens with one attached hydrogen (secondary N) is 2. The molecule has 0 spiro atoms. The summed E-state index contributed by atoms with van der Waals surface area (Å²) in [5.74, 6) is 0.439. The van der Waals surface area contributed by atoms with Crippen molar-refractivity contribution in [2.24, 2.45) is 0 Å². The SMILES string of the molecule is Cc1cc(C)nc(N[C@@H](c2ccccc2)c2cc(C)sc2NC(=O)c2ccccc2)n1. The van der Waals surface area contributed by atoms with Crippen LogP contribution in [-0.4, -0.2) is 15.9 Å². The molecular weight excluding hydrogens is 404 g/mol. The van der Waals surface area contributed by atoms with Crippen LogP contribution in [0.1, 0.15) is 43.8 Å². The highest BCUT2D eigenvalue weighted by Gasteiger charge is 2.22. The van der Waals surface area contributed by atoms with Gasteiger partial charge in [0.15, 0.2) is 0 Å². The van der Waals surface area contributed by atoms with Crippen molar-refractivity contribution in [3.63, 3.8) is 0 Å². The Hall–Kier alpha value is -3.51. The van der Waals surface area contributed by atoms with Crippen molar-refractivity contribution < 1.29 is 4.79 Å². The molecule has 31 heavy (non-hydrogen) atoms. The van der Waals surface area contributed by atoms with Gasteiger partial charge in [0, 0.05) is 27.4 Å². The maximum atomic E-state index is 12.8. The summed E-state index contributed by atoms with van der Waals surface area (Å²) in [5, 5.41) is 7.42. The number of rotatable bonds is 6. The molecule has 2 aromatic carbocycles. The highest BCUT2D eigenvalue weighted by atomic mass is 32.1. The summed E-state index contributed by atoms with van der Waals surface area (Å²) in [6, 6.07) is 23.2. The Balaban J connectivity index is 1.72. The number of aromatic nitrogens is 2. The predicted molar refractivity (Wildman–Crippen MR) is 127 cm³/mol. The average Bonchev–Trinajstić information content (AvgIpc) is 3.12. The Morgan fingerprint density at radius 2 is 1.48 bits per heavy atom. The first kappa shape index (κ1) is 20.8. The molecule has 1 atom stereocenters. The number of amides is 1. The Morgan fingerprint density at radius 1 is 0.871 bits per heavy atom. The van der Waals surface area contributed by atoms with Crippen LogP contribution in [-0.2, 0) is 0 Å². The van der Waals surface area contributed by atoms with Gasteiger partial charge in [-0.2, -0.15) is 0 Å². The average molecular weight is 429 g/mol. The van der Waals surface area contributed by atoms with Gasteiger partial charge in [-0.05, 0) is 50.6 Å². The lowest BCUT2D eigenvalue weighted by molar-refractivity contribution is 0.102. The second-order valence-corrected chi connectivity index (χ2v) is 8.68. The van der Waals surface area contributed by atoms with E-state index in [1.165, 1.54) is 0 Å². The van der Waals surface area contributed by atoms with Crippen LogP contribution in [0.3, 0.4) is 0 Å². The Labute approximate surface area is 186 Å². The van der Waals surface area contributed by atoms with E-state index in [2.05, 4.69) is 38.8 Å². The van der Waals surface area contributed by atoms with Crippen molar-refractivity contribution in [3.8, 4) is 0 Å². The number of aryl methyl sites for hydroxylation is 3. The van der Waals surface area contributed by atoms with Crippen LogP contribution in [0, 0.1) is 20.8 Å². The Morgan fingerprint density at radius 3 is 2.13 bits per heavy atom. The minimum atomic E-state index is -0.210. The van der Waals surface area contributed by atoms with Crippen LogP contribution in [0.4, 0.5) is 10.9 Å². The van der Waals surface area contributed by atoms with Crippen LogP contribution in [0.25, 0.3) is 0 Å². The van der Waals surface area contributed by atoms with E-state index in [1.807, 2.05) is 75.4 Å². The van der Waals surface area contributed by atoms with Crippen LogP contribution < -0.4 is 10.6 Å². The van der Waals surface area contributed by atoms with Gasteiger partial charge in [-0.1, -0.05) is 48.5 Å². The highest BCUT2D eigenvalue weighted by molar-refractivity contribution is 7.16. The number of hydrogen-bond acceptors (Lipinski definition) is 5. The third-order valence-corrected chi connectivity index (χ3v) is 5.83. The standard InChI is InChI=1S/C25H24N4OS/c1-16-14-17(2)27-25(26-16)28-22(19-10-6-4-7-11-19)21-15-18(3)31-24(21)29-23(30)20-12-8-5-9-13-20/h4-15,22H,1-3H3,(H,29,30)(H,26,27,28)/t22-/m0/s1. The summed E-state index contributed by atoms with van der Waals surface area (Å²) in [7, 11) is 0.